The summed E-state index contributed by atoms with van der Waals surface area (Å²) >= 11 is 6.20. The van der Waals surface area contributed by atoms with Crippen molar-refractivity contribution in [3.05, 3.63) is 112 Å². The molecule has 0 radical (unpaired) electrons. The van der Waals surface area contributed by atoms with Crippen LogP contribution in [0.3, 0.4) is 0 Å². The van der Waals surface area contributed by atoms with Crippen molar-refractivity contribution in [3.8, 4) is 11.8 Å². The zero-order valence-electron chi connectivity index (χ0n) is 20.0. The SMILES string of the molecule is CCOC(=O)c1ccc(NC(=O)/C(C#N)=C/c2cc(Cl)ccc2OCc2cccc3ccccc23)cc1. The van der Waals surface area contributed by atoms with Gasteiger partial charge in [0, 0.05) is 16.3 Å². The Morgan fingerprint density at radius 2 is 1.76 bits per heavy atom. The average molecular weight is 511 g/mol. The van der Waals surface area contributed by atoms with E-state index in [0.29, 0.717) is 34.2 Å². The molecule has 1 N–H and O–H groups in total. The van der Waals surface area contributed by atoms with Crippen LogP contribution in [0.5, 0.6) is 5.75 Å². The maximum absolute atomic E-state index is 12.8. The Morgan fingerprint density at radius 3 is 2.51 bits per heavy atom. The molecule has 0 aliphatic heterocycles. The van der Waals surface area contributed by atoms with Gasteiger partial charge in [0.25, 0.3) is 5.91 Å². The topological polar surface area (TPSA) is 88.4 Å². The molecular weight excluding hydrogens is 488 g/mol. The number of hydrogen-bond acceptors (Lipinski definition) is 5. The highest BCUT2D eigenvalue weighted by atomic mass is 35.5. The number of halogens is 1. The van der Waals surface area contributed by atoms with Crippen molar-refractivity contribution in [2.75, 3.05) is 11.9 Å². The number of esters is 1. The number of carbonyl (C=O) groups is 2. The fourth-order valence-corrected chi connectivity index (χ4v) is 3.92. The Balaban J connectivity index is 1.53. The summed E-state index contributed by atoms with van der Waals surface area (Å²) < 4.78 is 11.1. The van der Waals surface area contributed by atoms with Crippen LogP contribution in [-0.4, -0.2) is 18.5 Å². The highest BCUT2D eigenvalue weighted by molar-refractivity contribution is 6.30. The number of benzene rings is 4. The summed E-state index contributed by atoms with van der Waals surface area (Å²) in [5.41, 5.74) is 2.16. The number of nitrogens with one attached hydrogen (secondary N) is 1. The van der Waals surface area contributed by atoms with Gasteiger partial charge < -0.3 is 14.8 Å². The predicted octanol–water partition coefficient (Wildman–Crippen LogP) is 6.79. The lowest BCUT2D eigenvalue weighted by molar-refractivity contribution is -0.112. The van der Waals surface area contributed by atoms with E-state index in [9.17, 15) is 14.9 Å². The van der Waals surface area contributed by atoms with Gasteiger partial charge in [0.15, 0.2) is 0 Å². The van der Waals surface area contributed by atoms with Crippen LogP contribution in [0.15, 0.2) is 90.5 Å². The van der Waals surface area contributed by atoms with E-state index in [-0.39, 0.29) is 12.2 Å². The molecule has 184 valence electrons. The molecular formula is C30H23ClN2O4. The fraction of sp³-hybridized carbons (Fsp3) is 0.100. The summed E-state index contributed by atoms with van der Waals surface area (Å²) in [6, 6.07) is 27.2. The number of anilines is 1. The minimum absolute atomic E-state index is 0.133. The van der Waals surface area contributed by atoms with E-state index in [1.165, 1.54) is 6.08 Å². The standard InChI is InChI=1S/C30H23ClN2O4/c1-2-36-30(35)21-10-13-26(14-11-21)33-29(34)24(18-32)16-23-17-25(31)12-15-28(23)37-19-22-8-5-7-20-6-3-4-9-27(20)22/h3-17H,2,19H2,1H3,(H,33,34)/b24-16+. The lowest BCUT2D eigenvalue weighted by atomic mass is 10.1. The van der Waals surface area contributed by atoms with Gasteiger partial charge in [-0.15, -0.1) is 0 Å². The van der Waals surface area contributed by atoms with E-state index in [1.807, 2.05) is 48.5 Å². The summed E-state index contributed by atoms with van der Waals surface area (Å²) in [7, 11) is 0. The van der Waals surface area contributed by atoms with Crippen LogP contribution in [0.2, 0.25) is 5.02 Å². The van der Waals surface area contributed by atoms with Gasteiger partial charge in [0.2, 0.25) is 0 Å². The van der Waals surface area contributed by atoms with Gasteiger partial charge in [-0.25, -0.2) is 4.79 Å². The highest BCUT2D eigenvalue weighted by Crippen LogP contribution is 2.28. The molecule has 0 saturated heterocycles. The van der Waals surface area contributed by atoms with Gasteiger partial charge in [0.05, 0.1) is 12.2 Å². The van der Waals surface area contributed by atoms with Crippen LogP contribution in [0, 0.1) is 11.3 Å². The second kappa shape index (κ2) is 11.9. The first kappa shape index (κ1) is 25.5. The van der Waals surface area contributed by atoms with E-state index in [2.05, 4.69) is 5.32 Å². The molecule has 0 fully saturated rings. The van der Waals surface area contributed by atoms with Gasteiger partial charge in [-0.05, 0) is 71.8 Å². The maximum Gasteiger partial charge on any atom is 0.338 e. The average Bonchev–Trinajstić information content (AvgIpc) is 2.91. The first-order valence-corrected chi connectivity index (χ1v) is 12.0. The number of hydrogen-bond donors (Lipinski definition) is 1. The number of rotatable bonds is 8. The summed E-state index contributed by atoms with van der Waals surface area (Å²) in [5, 5.41) is 15.0. The largest absolute Gasteiger partial charge is 0.488 e. The molecule has 1 amide bonds. The molecule has 4 rings (SSSR count). The van der Waals surface area contributed by atoms with E-state index in [4.69, 9.17) is 21.1 Å². The van der Waals surface area contributed by atoms with E-state index < -0.39 is 11.9 Å². The van der Waals surface area contributed by atoms with Crippen molar-refractivity contribution in [2.45, 2.75) is 13.5 Å². The summed E-state index contributed by atoms with van der Waals surface area (Å²) in [6.07, 6.45) is 1.44. The molecule has 0 heterocycles. The molecule has 7 heteroatoms. The van der Waals surface area contributed by atoms with Crippen molar-refractivity contribution in [2.24, 2.45) is 0 Å². The summed E-state index contributed by atoms with van der Waals surface area (Å²) in [5.74, 6) is -0.571. The Bertz CT molecular complexity index is 1520. The highest BCUT2D eigenvalue weighted by Gasteiger charge is 2.13. The minimum Gasteiger partial charge on any atom is -0.488 e. The van der Waals surface area contributed by atoms with E-state index >= 15 is 0 Å². The summed E-state index contributed by atoms with van der Waals surface area (Å²) in [6.45, 7) is 2.29. The van der Waals surface area contributed by atoms with Gasteiger partial charge >= 0.3 is 5.97 Å². The van der Waals surface area contributed by atoms with Crippen LogP contribution >= 0.6 is 11.6 Å². The van der Waals surface area contributed by atoms with Crippen molar-refractivity contribution in [1.29, 1.82) is 5.26 Å². The van der Waals surface area contributed by atoms with Crippen molar-refractivity contribution in [1.82, 2.24) is 0 Å². The number of fused-ring (bicyclic) bond motifs is 1. The first-order valence-electron chi connectivity index (χ1n) is 11.6. The number of carbonyl (C=O) groups excluding carboxylic acids is 2. The maximum atomic E-state index is 12.8. The Hall–Kier alpha value is -4.60. The quantitative estimate of drug-likeness (QED) is 0.160. The molecule has 0 spiro atoms. The Morgan fingerprint density at radius 1 is 1.00 bits per heavy atom. The minimum atomic E-state index is -0.605. The molecule has 0 aliphatic rings. The first-order chi connectivity index (χ1) is 18.0. The van der Waals surface area contributed by atoms with Crippen LogP contribution in [0.25, 0.3) is 16.8 Å². The molecule has 37 heavy (non-hydrogen) atoms. The third-order valence-corrected chi connectivity index (χ3v) is 5.79. The molecule has 6 nitrogen and oxygen atoms in total. The molecule has 0 aliphatic carbocycles. The van der Waals surface area contributed by atoms with Crippen LogP contribution in [-0.2, 0) is 16.1 Å². The van der Waals surface area contributed by atoms with Crippen LogP contribution in [0.1, 0.15) is 28.4 Å². The zero-order valence-corrected chi connectivity index (χ0v) is 20.8. The van der Waals surface area contributed by atoms with Crippen LogP contribution in [0.4, 0.5) is 5.69 Å². The van der Waals surface area contributed by atoms with Crippen molar-refractivity contribution < 1.29 is 19.1 Å². The van der Waals surface area contributed by atoms with E-state index in [1.54, 1.807) is 49.4 Å². The third kappa shape index (κ3) is 6.35. The Labute approximate surface area is 219 Å². The van der Waals surface area contributed by atoms with Gasteiger partial charge in [0.1, 0.15) is 24.0 Å². The van der Waals surface area contributed by atoms with Gasteiger partial charge in [-0.3, -0.25) is 4.79 Å². The van der Waals surface area contributed by atoms with Crippen molar-refractivity contribution >= 4 is 46.0 Å². The predicted molar refractivity (Wildman–Crippen MR) is 144 cm³/mol. The molecule has 0 saturated carbocycles. The van der Waals surface area contributed by atoms with Crippen LogP contribution < -0.4 is 10.1 Å². The zero-order chi connectivity index (χ0) is 26.2. The smallest absolute Gasteiger partial charge is 0.338 e. The monoisotopic (exact) mass is 510 g/mol. The van der Waals surface area contributed by atoms with Gasteiger partial charge in [-0.2, -0.15) is 5.26 Å². The molecule has 0 bridgehead atoms. The normalized spacial score (nSPS) is 11.0. The summed E-state index contributed by atoms with van der Waals surface area (Å²) in [4.78, 5) is 24.6. The second-order valence-electron chi connectivity index (χ2n) is 8.03. The number of nitrogens with zero attached hydrogens (tertiary/aromatic N) is 1. The van der Waals surface area contributed by atoms with E-state index in [0.717, 1.165) is 16.3 Å². The molecule has 0 atom stereocenters. The lowest BCUT2D eigenvalue weighted by Crippen LogP contribution is -2.14. The molecule has 4 aromatic carbocycles. The number of nitriles is 1. The van der Waals surface area contributed by atoms with Crippen molar-refractivity contribution in [3.63, 3.8) is 0 Å². The number of ether oxygens (including phenoxy) is 2. The fourth-order valence-electron chi connectivity index (χ4n) is 3.74. The van der Waals surface area contributed by atoms with Gasteiger partial charge in [-0.1, -0.05) is 54.1 Å². The molecule has 0 aromatic heterocycles. The number of amides is 1. The lowest BCUT2D eigenvalue weighted by Gasteiger charge is -2.12. The Kier molecular flexibility index (Phi) is 8.19. The molecule has 0 unspecified atom stereocenters. The molecule has 4 aromatic rings. The second-order valence-corrected chi connectivity index (χ2v) is 8.47. The third-order valence-electron chi connectivity index (χ3n) is 5.55.